The summed E-state index contributed by atoms with van der Waals surface area (Å²) in [5.74, 6) is -0.911. The lowest BCUT2D eigenvalue weighted by Gasteiger charge is -1.99. The first-order valence-electron chi connectivity index (χ1n) is 3.72. The van der Waals surface area contributed by atoms with Crippen LogP contribution in [0.5, 0.6) is 0 Å². The molecule has 0 spiro atoms. The molecule has 0 unspecified atom stereocenters. The lowest BCUT2D eigenvalue weighted by atomic mass is 10.2. The van der Waals surface area contributed by atoms with Gasteiger partial charge in [0.15, 0.2) is 0 Å². The van der Waals surface area contributed by atoms with Gasteiger partial charge in [0.2, 0.25) is 0 Å². The van der Waals surface area contributed by atoms with E-state index in [1.807, 2.05) is 5.38 Å². The van der Waals surface area contributed by atoms with Gasteiger partial charge in [-0.3, -0.25) is 0 Å². The smallest absolute Gasteiger partial charge is 0.335 e. The van der Waals surface area contributed by atoms with Crippen molar-refractivity contribution in [3.05, 3.63) is 26.6 Å². The molecule has 1 aromatic heterocycles. The number of fused-ring (bicyclic) bond motifs is 1. The van der Waals surface area contributed by atoms with E-state index >= 15 is 0 Å². The van der Waals surface area contributed by atoms with E-state index in [0.29, 0.717) is 5.56 Å². The fourth-order valence-electron chi connectivity index (χ4n) is 1.23. The zero-order chi connectivity index (χ0) is 10.3. The minimum Gasteiger partial charge on any atom is -0.478 e. The average molecular weight is 336 g/mol. The number of hydrogen-bond acceptors (Lipinski definition) is 3. The minimum absolute atomic E-state index is 0.292. The topological polar surface area (TPSA) is 37.3 Å². The molecular formula is C9H5IO2S2. The highest BCUT2D eigenvalue weighted by Crippen LogP contribution is 2.33. The number of halogens is 1. The Bertz CT molecular complexity index is 519. The van der Waals surface area contributed by atoms with Crippen LogP contribution in [-0.2, 0) is 0 Å². The van der Waals surface area contributed by atoms with Gasteiger partial charge in [0.25, 0.3) is 0 Å². The summed E-state index contributed by atoms with van der Waals surface area (Å²) in [7, 11) is 0. The van der Waals surface area contributed by atoms with Gasteiger partial charge in [0.1, 0.15) is 0 Å². The Morgan fingerprint density at radius 3 is 2.86 bits per heavy atom. The van der Waals surface area contributed by atoms with Gasteiger partial charge < -0.3 is 5.11 Å². The standard InChI is InChI=1S/C9H5IO2S2/c10-5-3-14-7-2-4(9(11)12)1-6(13)8(5)7/h1-3,13H,(H,11,12). The van der Waals surface area contributed by atoms with Crippen LogP contribution < -0.4 is 0 Å². The summed E-state index contributed by atoms with van der Waals surface area (Å²) in [6.07, 6.45) is 0. The van der Waals surface area contributed by atoms with Gasteiger partial charge in [0.05, 0.1) is 5.56 Å². The second-order valence-electron chi connectivity index (χ2n) is 2.76. The lowest BCUT2D eigenvalue weighted by Crippen LogP contribution is -1.95. The summed E-state index contributed by atoms with van der Waals surface area (Å²) in [6, 6.07) is 3.27. The third-order valence-electron chi connectivity index (χ3n) is 1.86. The maximum Gasteiger partial charge on any atom is 0.335 e. The Morgan fingerprint density at radius 2 is 2.21 bits per heavy atom. The van der Waals surface area contributed by atoms with Crippen LogP contribution in [0.1, 0.15) is 10.4 Å². The molecule has 0 saturated heterocycles. The Balaban J connectivity index is 2.80. The van der Waals surface area contributed by atoms with Crippen LogP contribution in [0.3, 0.4) is 0 Å². The van der Waals surface area contributed by atoms with Crippen LogP contribution in [0.25, 0.3) is 10.1 Å². The van der Waals surface area contributed by atoms with Crippen molar-refractivity contribution in [2.24, 2.45) is 0 Å². The predicted octanol–water partition coefficient (Wildman–Crippen LogP) is 3.49. The summed E-state index contributed by atoms with van der Waals surface area (Å²) in [5, 5.41) is 11.9. The normalized spacial score (nSPS) is 10.7. The third-order valence-corrected chi connectivity index (χ3v) is 4.41. The largest absolute Gasteiger partial charge is 0.478 e. The van der Waals surface area contributed by atoms with E-state index in [0.717, 1.165) is 18.6 Å². The molecule has 0 radical (unpaired) electrons. The Kier molecular flexibility index (Phi) is 2.72. The number of thiophene rings is 1. The molecular weight excluding hydrogens is 331 g/mol. The van der Waals surface area contributed by atoms with E-state index in [1.54, 1.807) is 12.1 Å². The second-order valence-corrected chi connectivity index (χ2v) is 5.31. The van der Waals surface area contributed by atoms with Crippen LogP contribution in [0.4, 0.5) is 0 Å². The monoisotopic (exact) mass is 336 g/mol. The highest BCUT2D eigenvalue weighted by atomic mass is 127. The first kappa shape index (κ1) is 10.3. The summed E-state index contributed by atoms with van der Waals surface area (Å²) in [6.45, 7) is 0. The van der Waals surface area contributed by atoms with Gasteiger partial charge in [-0.1, -0.05) is 0 Å². The molecule has 1 heterocycles. The van der Waals surface area contributed by atoms with Crippen molar-refractivity contribution in [1.29, 1.82) is 0 Å². The van der Waals surface area contributed by atoms with Crippen LogP contribution in [0.15, 0.2) is 22.4 Å². The molecule has 0 amide bonds. The van der Waals surface area contributed by atoms with E-state index in [1.165, 1.54) is 11.3 Å². The highest BCUT2D eigenvalue weighted by molar-refractivity contribution is 14.1. The number of aromatic carboxylic acids is 1. The quantitative estimate of drug-likeness (QED) is 0.618. The van der Waals surface area contributed by atoms with Crippen molar-refractivity contribution >= 4 is 62.6 Å². The van der Waals surface area contributed by atoms with E-state index in [2.05, 4.69) is 35.2 Å². The molecule has 0 saturated carbocycles. The molecule has 0 bridgehead atoms. The maximum atomic E-state index is 10.8. The van der Waals surface area contributed by atoms with Crippen LogP contribution in [-0.4, -0.2) is 11.1 Å². The van der Waals surface area contributed by atoms with Crippen LogP contribution in [0, 0.1) is 3.57 Å². The Hall–Kier alpha value is -0.270. The first-order chi connectivity index (χ1) is 6.59. The Labute approximate surface area is 103 Å². The SMILES string of the molecule is O=C(O)c1cc(S)c2c(I)csc2c1. The Morgan fingerprint density at radius 1 is 1.50 bits per heavy atom. The molecule has 5 heteroatoms. The van der Waals surface area contributed by atoms with Crippen molar-refractivity contribution in [3.8, 4) is 0 Å². The highest BCUT2D eigenvalue weighted by Gasteiger charge is 2.10. The summed E-state index contributed by atoms with van der Waals surface area (Å²) in [4.78, 5) is 11.5. The maximum absolute atomic E-state index is 10.8. The molecule has 1 aromatic carbocycles. The van der Waals surface area contributed by atoms with Crippen molar-refractivity contribution in [2.45, 2.75) is 4.90 Å². The van der Waals surface area contributed by atoms with Gasteiger partial charge in [-0.2, -0.15) is 0 Å². The van der Waals surface area contributed by atoms with Gasteiger partial charge in [-0.25, -0.2) is 4.79 Å². The number of rotatable bonds is 1. The summed E-state index contributed by atoms with van der Waals surface area (Å²) >= 11 is 8.05. The summed E-state index contributed by atoms with van der Waals surface area (Å²) in [5.41, 5.74) is 0.292. The van der Waals surface area contributed by atoms with Gasteiger partial charge in [-0.05, 0) is 34.7 Å². The van der Waals surface area contributed by atoms with Crippen molar-refractivity contribution in [1.82, 2.24) is 0 Å². The minimum atomic E-state index is -0.911. The zero-order valence-electron chi connectivity index (χ0n) is 6.82. The van der Waals surface area contributed by atoms with Crippen molar-refractivity contribution < 1.29 is 9.90 Å². The van der Waals surface area contributed by atoms with Crippen molar-refractivity contribution in [3.63, 3.8) is 0 Å². The van der Waals surface area contributed by atoms with E-state index in [-0.39, 0.29) is 0 Å². The molecule has 0 aliphatic heterocycles. The molecule has 72 valence electrons. The fraction of sp³-hybridized carbons (Fsp3) is 0. The van der Waals surface area contributed by atoms with Crippen molar-refractivity contribution in [2.75, 3.05) is 0 Å². The van der Waals surface area contributed by atoms with E-state index in [9.17, 15) is 4.79 Å². The average Bonchev–Trinajstić information content (AvgIpc) is 2.48. The second kappa shape index (κ2) is 3.71. The zero-order valence-corrected chi connectivity index (χ0v) is 10.7. The number of carboxylic acid groups (broad SMARTS) is 1. The molecule has 0 atom stereocenters. The predicted molar refractivity (Wildman–Crippen MR) is 68.8 cm³/mol. The van der Waals surface area contributed by atoms with E-state index in [4.69, 9.17) is 5.11 Å². The van der Waals surface area contributed by atoms with Crippen LogP contribution in [0.2, 0.25) is 0 Å². The lowest BCUT2D eigenvalue weighted by molar-refractivity contribution is 0.0697. The molecule has 2 rings (SSSR count). The van der Waals surface area contributed by atoms with E-state index < -0.39 is 5.97 Å². The van der Waals surface area contributed by atoms with Gasteiger partial charge in [-0.15, -0.1) is 24.0 Å². The number of benzene rings is 1. The molecule has 2 aromatic rings. The molecule has 0 fully saturated rings. The summed E-state index contributed by atoms with van der Waals surface area (Å²) < 4.78 is 2.09. The van der Waals surface area contributed by atoms with Gasteiger partial charge in [0, 0.05) is 23.9 Å². The first-order valence-corrected chi connectivity index (χ1v) is 6.13. The fourth-order valence-corrected chi connectivity index (χ4v) is 3.93. The molecule has 0 aliphatic carbocycles. The third kappa shape index (κ3) is 1.64. The molecule has 1 N–H and O–H groups in total. The number of hydrogen-bond donors (Lipinski definition) is 2. The molecule has 0 aliphatic rings. The number of thiol groups is 1. The van der Waals surface area contributed by atoms with Gasteiger partial charge >= 0.3 is 5.97 Å². The number of carboxylic acids is 1. The van der Waals surface area contributed by atoms with Crippen LogP contribution >= 0.6 is 46.6 Å². The molecule has 14 heavy (non-hydrogen) atoms. The number of carbonyl (C=O) groups is 1. The molecule has 2 nitrogen and oxygen atoms in total.